The summed E-state index contributed by atoms with van der Waals surface area (Å²) in [5.74, 6) is 0.588. The molecule has 0 bridgehead atoms. The van der Waals surface area contributed by atoms with Crippen LogP contribution in [-0.4, -0.2) is 19.8 Å². The fourth-order valence-electron chi connectivity index (χ4n) is 1.88. The molecule has 7 nitrogen and oxygen atoms in total. The second kappa shape index (κ2) is 5.60. The zero-order valence-corrected chi connectivity index (χ0v) is 11.2. The molecule has 0 aliphatic heterocycles. The molecule has 0 aliphatic carbocycles. The van der Waals surface area contributed by atoms with Crippen molar-refractivity contribution in [3.63, 3.8) is 0 Å². The van der Waals surface area contributed by atoms with Gasteiger partial charge in [-0.3, -0.25) is 10.1 Å². The van der Waals surface area contributed by atoms with Gasteiger partial charge in [0.05, 0.1) is 4.92 Å². The van der Waals surface area contributed by atoms with Gasteiger partial charge in [0.25, 0.3) is 5.88 Å². The number of aromatic hydroxyl groups is 1. The van der Waals surface area contributed by atoms with E-state index in [9.17, 15) is 15.2 Å². The van der Waals surface area contributed by atoms with Crippen molar-refractivity contribution in [3.05, 3.63) is 40.1 Å². The second-order valence-corrected chi connectivity index (χ2v) is 4.33. The zero-order chi connectivity index (χ0) is 14.7. The first-order chi connectivity index (χ1) is 9.52. The summed E-state index contributed by atoms with van der Waals surface area (Å²) >= 11 is 0. The maximum atomic E-state index is 11.2. The fraction of sp³-hybridized carbons (Fsp3) is 0.308. The lowest BCUT2D eigenvalue weighted by Crippen LogP contribution is -1.97. The van der Waals surface area contributed by atoms with Crippen molar-refractivity contribution in [2.75, 3.05) is 0 Å². The molecule has 20 heavy (non-hydrogen) atoms. The number of hydrogen-bond acceptors (Lipinski definition) is 5. The highest BCUT2D eigenvalue weighted by Gasteiger charge is 2.28. The molecular weight excluding hydrogens is 262 g/mol. The van der Waals surface area contributed by atoms with Crippen molar-refractivity contribution in [2.45, 2.75) is 19.8 Å². The van der Waals surface area contributed by atoms with Gasteiger partial charge in [-0.15, -0.1) is 0 Å². The Morgan fingerprint density at radius 1 is 1.40 bits per heavy atom. The molecule has 1 aromatic heterocycles. The highest BCUT2D eigenvalue weighted by atomic mass is 16.6. The molecule has 7 heteroatoms. The van der Waals surface area contributed by atoms with Gasteiger partial charge in [0.15, 0.2) is 0 Å². The van der Waals surface area contributed by atoms with Crippen LogP contribution >= 0.6 is 0 Å². The first kappa shape index (κ1) is 13.9. The number of ether oxygens (including phenoxy) is 1. The van der Waals surface area contributed by atoms with Gasteiger partial charge in [-0.1, -0.05) is 13.3 Å². The monoisotopic (exact) mass is 277 g/mol. The summed E-state index contributed by atoms with van der Waals surface area (Å²) in [6.07, 6.45) is 1.28. The number of benzene rings is 1. The van der Waals surface area contributed by atoms with Crippen molar-refractivity contribution < 1.29 is 14.8 Å². The van der Waals surface area contributed by atoms with Crippen LogP contribution in [-0.2, 0) is 13.5 Å². The van der Waals surface area contributed by atoms with Gasteiger partial charge >= 0.3 is 5.69 Å². The minimum Gasteiger partial charge on any atom is -0.508 e. The fourth-order valence-corrected chi connectivity index (χ4v) is 1.88. The Labute approximate surface area is 115 Å². The largest absolute Gasteiger partial charge is 0.508 e. The molecule has 0 atom stereocenters. The number of nitro groups is 1. The van der Waals surface area contributed by atoms with E-state index in [4.69, 9.17) is 4.74 Å². The normalized spacial score (nSPS) is 10.5. The molecule has 106 valence electrons. The van der Waals surface area contributed by atoms with Gasteiger partial charge in [-0.05, 0) is 30.7 Å². The lowest BCUT2D eigenvalue weighted by atomic mass is 10.2. The summed E-state index contributed by atoms with van der Waals surface area (Å²) in [4.78, 5) is 10.7. The molecule has 0 amide bonds. The number of hydrogen-bond donors (Lipinski definition) is 1. The van der Waals surface area contributed by atoms with E-state index in [0.29, 0.717) is 17.9 Å². The third-order valence-corrected chi connectivity index (χ3v) is 2.76. The van der Waals surface area contributed by atoms with Crippen molar-refractivity contribution in [1.82, 2.24) is 9.78 Å². The van der Waals surface area contributed by atoms with E-state index in [-0.39, 0.29) is 17.3 Å². The van der Waals surface area contributed by atoms with E-state index in [1.54, 1.807) is 7.05 Å². The molecule has 0 radical (unpaired) electrons. The third kappa shape index (κ3) is 2.71. The third-order valence-electron chi connectivity index (χ3n) is 2.76. The number of rotatable bonds is 5. The molecule has 0 aliphatic rings. The molecule has 0 unspecified atom stereocenters. The van der Waals surface area contributed by atoms with Crippen molar-refractivity contribution in [3.8, 4) is 17.4 Å². The first-order valence-electron chi connectivity index (χ1n) is 6.20. The Morgan fingerprint density at radius 3 is 2.60 bits per heavy atom. The smallest absolute Gasteiger partial charge is 0.353 e. The first-order valence-corrected chi connectivity index (χ1v) is 6.20. The summed E-state index contributed by atoms with van der Waals surface area (Å²) in [6, 6.07) is 5.96. The van der Waals surface area contributed by atoms with E-state index in [1.165, 1.54) is 28.9 Å². The number of aryl methyl sites for hydroxylation is 2. The van der Waals surface area contributed by atoms with Gasteiger partial charge < -0.3 is 9.84 Å². The lowest BCUT2D eigenvalue weighted by Gasteiger charge is -2.04. The Morgan fingerprint density at radius 2 is 2.05 bits per heavy atom. The molecule has 1 heterocycles. The number of phenolic OH excluding ortho intramolecular Hbond substituents is 1. The van der Waals surface area contributed by atoms with Gasteiger partial charge in [-0.25, -0.2) is 4.68 Å². The topological polar surface area (TPSA) is 90.4 Å². The van der Waals surface area contributed by atoms with Crippen molar-refractivity contribution in [1.29, 1.82) is 0 Å². The molecule has 2 aromatic rings. The maximum Gasteiger partial charge on any atom is 0.353 e. The average Bonchev–Trinajstić information content (AvgIpc) is 2.69. The maximum absolute atomic E-state index is 11.2. The minimum absolute atomic E-state index is 0.0872. The summed E-state index contributed by atoms with van der Waals surface area (Å²) in [5, 5.41) is 24.6. The number of nitrogens with zero attached hydrogens (tertiary/aromatic N) is 3. The Bertz CT molecular complexity index is 619. The predicted octanol–water partition coefficient (Wildman–Crippen LogP) is 2.78. The molecule has 1 N–H and O–H groups in total. The summed E-state index contributed by atoms with van der Waals surface area (Å²) in [7, 11) is 1.60. The van der Waals surface area contributed by atoms with Gasteiger partial charge in [0.1, 0.15) is 17.2 Å². The van der Waals surface area contributed by atoms with Crippen molar-refractivity contribution >= 4 is 5.69 Å². The Kier molecular flexibility index (Phi) is 3.88. The standard InChI is InChI=1S/C13H15N3O4/c1-3-4-11-12(16(18)19)13(15(2)14-11)20-10-7-5-9(17)6-8-10/h5-8,17H,3-4H2,1-2H3. The second-order valence-electron chi connectivity index (χ2n) is 4.33. The summed E-state index contributed by atoms with van der Waals surface area (Å²) < 4.78 is 6.89. The summed E-state index contributed by atoms with van der Waals surface area (Å²) in [6.45, 7) is 1.93. The van der Waals surface area contributed by atoms with Crippen LogP contribution < -0.4 is 4.74 Å². The molecule has 1 aromatic carbocycles. The molecule has 0 saturated carbocycles. The Hall–Kier alpha value is -2.57. The summed E-state index contributed by atoms with van der Waals surface area (Å²) in [5.41, 5.74) is 0.302. The van der Waals surface area contributed by atoms with Gasteiger partial charge in [-0.2, -0.15) is 5.10 Å². The highest BCUT2D eigenvalue weighted by molar-refractivity contribution is 5.48. The van der Waals surface area contributed by atoms with Crippen LogP contribution in [0.3, 0.4) is 0 Å². The minimum atomic E-state index is -0.478. The van der Waals surface area contributed by atoms with E-state index >= 15 is 0 Å². The predicted molar refractivity (Wildman–Crippen MR) is 72.0 cm³/mol. The van der Waals surface area contributed by atoms with E-state index in [2.05, 4.69) is 5.10 Å². The molecule has 0 saturated heterocycles. The molecule has 2 rings (SSSR count). The van der Waals surface area contributed by atoms with Crippen LogP contribution in [0.25, 0.3) is 0 Å². The van der Waals surface area contributed by atoms with Crippen LogP contribution in [0, 0.1) is 10.1 Å². The van der Waals surface area contributed by atoms with E-state index < -0.39 is 4.92 Å². The molecular formula is C13H15N3O4. The van der Waals surface area contributed by atoms with E-state index in [1.807, 2.05) is 6.92 Å². The van der Waals surface area contributed by atoms with Crippen LogP contribution in [0.2, 0.25) is 0 Å². The average molecular weight is 277 g/mol. The zero-order valence-electron chi connectivity index (χ0n) is 11.2. The van der Waals surface area contributed by atoms with Crippen LogP contribution in [0.5, 0.6) is 17.4 Å². The highest BCUT2D eigenvalue weighted by Crippen LogP contribution is 2.34. The van der Waals surface area contributed by atoms with Gasteiger partial charge in [0, 0.05) is 7.05 Å². The van der Waals surface area contributed by atoms with Crippen LogP contribution in [0.15, 0.2) is 24.3 Å². The quantitative estimate of drug-likeness (QED) is 0.670. The number of phenols is 1. The number of aromatic nitrogens is 2. The lowest BCUT2D eigenvalue weighted by molar-refractivity contribution is -0.386. The molecule has 0 fully saturated rings. The Balaban J connectivity index is 2.39. The van der Waals surface area contributed by atoms with Crippen LogP contribution in [0.1, 0.15) is 19.0 Å². The van der Waals surface area contributed by atoms with Crippen molar-refractivity contribution in [2.24, 2.45) is 7.05 Å². The SMILES string of the molecule is CCCc1nn(C)c(Oc2ccc(O)cc2)c1[N+](=O)[O-]. The van der Waals surface area contributed by atoms with Crippen LogP contribution in [0.4, 0.5) is 5.69 Å². The molecule has 0 spiro atoms. The van der Waals surface area contributed by atoms with Gasteiger partial charge in [0.2, 0.25) is 0 Å². The van der Waals surface area contributed by atoms with E-state index in [0.717, 1.165) is 6.42 Å².